The fourth-order valence-corrected chi connectivity index (χ4v) is 5.55. The molecule has 2 aromatic rings. The molecule has 1 unspecified atom stereocenters. The number of nitrogens with one attached hydrogen (secondary N) is 1. The van der Waals surface area contributed by atoms with Gasteiger partial charge in [-0.3, -0.25) is 24.4 Å². The molecule has 2 fully saturated rings. The molecule has 1 saturated carbocycles. The van der Waals surface area contributed by atoms with Gasteiger partial charge in [0, 0.05) is 36.1 Å². The highest BCUT2D eigenvalue weighted by atomic mass is 16.5. The summed E-state index contributed by atoms with van der Waals surface area (Å²) in [4.78, 5) is 35.5. The van der Waals surface area contributed by atoms with Crippen molar-refractivity contribution in [3.63, 3.8) is 0 Å². The van der Waals surface area contributed by atoms with Crippen LogP contribution in [0.15, 0.2) is 42.7 Å². The van der Waals surface area contributed by atoms with Crippen LogP contribution < -0.4 is 15.0 Å². The Balaban J connectivity index is 1.84. The molecule has 0 bridgehead atoms. The Hall–Kier alpha value is -3.64. The molecule has 2 N–H and O–H groups in total. The van der Waals surface area contributed by atoms with Crippen molar-refractivity contribution >= 4 is 17.5 Å². The highest BCUT2D eigenvalue weighted by Crippen LogP contribution is 2.36. The van der Waals surface area contributed by atoms with Gasteiger partial charge in [-0.25, -0.2) is 0 Å². The van der Waals surface area contributed by atoms with Gasteiger partial charge in [0.05, 0.1) is 19.8 Å². The minimum absolute atomic E-state index is 0.0144. The number of likely N-dealkylation sites (tertiary alicyclic amines) is 1. The van der Waals surface area contributed by atoms with Crippen LogP contribution in [-0.2, 0) is 15.0 Å². The first-order valence-corrected chi connectivity index (χ1v) is 13.7. The number of hydrogen-bond acceptors (Lipinski definition) is 7. The number of methoxy groups -OCH3 is 1. The van der Waals surface area contributed by atoms with E-state index < -0.39 is 24.1 Å². The van der Waals surface area contributed by atoms with Crippen molar-refractivity contribution in [3.8, 4) is 11.9 Å². The number of benzene rings is 1. The summed E-state index contributed by atoms with van der Waals surface area (Å²) in [5, 5.41) is 23.2. The van der Waals surface area contributed by atoms with Crippen LogP contribution in [0, 0.1) is 11.5 Å². The molecule has 2 heterocycles. The lowest BCUT2D eigenvalue weighted by molar-refractivity contribution is -0.128. The number of carbonyl (C=O) groups is 2. The maximum atomic E-state index is 14.3. The third kappa shape index (κ3) is 6.34. The van der Waals surface area contributed by atoms with Crippen LogP contribution >= 0.6 is 0 Å². The average Bonchev–Trinajstić information content (AvgIpc) is 3.32. The van der Waals surface area contributed by atoms with Crippen LogP contribution in [-0.4, -0.2) is 58.6 Å². The lowest BCUT2D eigenvalue weighted by atomic mass is 9.87. The van der Waals surface area contributed by atoms with Crippen molar-refractivity contribution in [1.29, 1.82) is 5.26 Å². The Kier molecular flexibility index (Phi) is 8.76. The second-order valence-electron chi connectivity index (χ2n) is 11.5. The van der Waals surface area contributed by atoms with Gasteiger partial charge in [-0.2, -0.15) is 5.26 Å². The number of hydrogen-bond donors (Lipinski definition) is 2. The normalized spacial score (nSPS) is 20.7. The first-order valence-electron chi connectivity index (χ1n) is 13.7. The van der Waals surface area contributed by atoms with E-state index in [9.17, 15) is 20.0 Å². The van der Waals surface area contributed by atoms with Crippen molar-refractivity contribution in [3.05, 3.63) is 53.9 Å². The number of amides is 2. The number of aliphatic hydroxyl groups is 1. The quantitative estimate of drug-likeness (QED) is 0.519. The van der Waals surface area contributed by atoms with E-state index >= 15 is 0 Å². The molecule has 1 aliphatic carbocycles. The van der Waals surface area contributed by atoms with Gasteiger partial charge < -0.3 is 15.2 Å². The maximum absolute atomic E-state index is 14.3. The fourth-order valence-electron chi connectivity index (χ4n) is 5.55. The summed E-state index contributed by atoms with van der Waals surface area (Å²) in [7, 11) is 1.52. The second kappa shape index (κ2) is 12.0. The zero-order valence-electron chi connectivity index (χ0n) is 23.3. The zero-order chi connectivity index (χ0) is 28.2. The number of aliphatic hydroxyl groups excluding tert-OH is 1. The van der Waals surface area contributed by atoms with E-state index in [0.29, 0.717) is 17.0 Å². The molecule has 1 saturated heterocycles. The SMILES string of the molecule is COc1ccncc1C(C(=O)NC1CCCCC1)N(C(=O)[C@H]1C[C@@H](O)CN1C#N)c1ccc(C(C)(C)C)cc1. The van der Waals surface area contributed by atoms with Gasteiger partial charge in [0.1, 0.15) is 17.8 Å². The topological polar surface area (TPSA) is 119 Å². The molecule has 0 spiro atoms. The minimum Gasteiger partial charge on any atom is -0.496 e. The van der Waals surface area contributed by atoms with E-state index in [1.54, 1.807) is 18.5 Å². The first kappa shape index (κ1) is 28.4. The van der Waals surface area contributed by atoms with Crippen molar-refractivity contribution < 1.29 is 19.4 Å². The second-order valence-corrected chi connectivity index (χ2v) is 11.5. The predicted molar refractivity (Wildman–Crippen MR) is 148 cm³/mol. The summed E-state index contributed by atoms with van der Waals surface area (Å²) in [5.74, 6) is -0.337. The lowest BCUT2D eigenvalue weighted by Gasteiger charge is -2.36. The number of nitriles is 1. The number of rotatable bonds is 7. The number of aromatic nitrogens is 1. The van der Waals surface area contributed by atoms with Crippen LogP contribution in [0.4, 0.5) is 5.69 Å². The highest BCUT2D eigenvalue weighted by molar-refractivity contribution is 6.04. The van der Waals surface area contributed by atoms with E-state index in [4.69, 9.17) is 4.74 Å². The van der Waals surface area contributed by atoms with Gasteiger partial charge in [0.25, 0.3) is 5.91 Å². The highest BCUT2D eigenvalue weighted by Gasteiger charge is 2.43. The van der Waals surface area contributed by atoms with Gasteiger partial charge in [-0.15, -0.1) is 0 Å². The fraction of sp³-hybridized carbons (Fsp3) is 0.533. The molecule has 39 heavy (non-hydrogen) atoms. The van der Waals surface area contributed by atoms with Crippen LogP contribution in [0.3, 0.4) is 0 Å². The Labute approximate surface area is 230 Å². The summed E-state index contributed by atoms with van der Waals surface area (Å²) in [6.07, 6.45) is 9.46. The summed E-state index contributed by atoms with van der Waals surface area (Å²) in [5.41, 5.74) is 1.94. The third-order valence-corrected chi connectivity index (χ3v) is 7.72. The van der Waals surface area contributed by atoms with Crippen LogP contribution in [0.1, 0.15) is 76.5 Å². The molecule has 208 valence electrons. The molecule has 4 rings (SSSR count). The first-order chi connectivity index (χ1) is 18.6. The molecule has 9 nitrogen and oxygen atoms in total. The smallest absolute Gasteiger partial charge is 0.251 e. The van der Waals surface area contributed by atoms with Gasteiger partial charge >= 0.3 is 0 Å². The van der Waals surface area contributed by atoms with Crippen molar-refractivity contribution in [2.45, 2.75) is 88.9 Å². The molecule has 1 aromatic carbocycles. The van der Waals surface area contributed by atoms with Gasteiger partial charge in [0.15, 0.2) is 6.19 Å². The summed E-state index contributed by atoms with van der Waals surface area (Å²) < 4.78 is 5.62. The average molecular weight is 534 g/mol. The van der Waals surface area contributed by atoms with E-state index in [1.807, 2.05) is 30.5 Å². The summed E-state index contributed by atoms with van der Waals surface area (Å²) >= 11 is 0. The van der Waals surface area contributed by atoms with E-state index in [1.165, 1.54) is 16.9 Å². The largest absolute Gasteiger partial charge is 0.496 e. The van der Waals surface area contributed by atoms with Crippen molar-refractivity contribution in [2.75, 3.05) is 18.6 Å². The number of ether oxygens (including phenoxy) is 1. The number of β-amino-alcohol motifs (C(OH)–C–C–N with tert-alkyl or cyclic N) is 1. The summed E-state index contributed by atoms with van der Waals surface area (Å²) in [6.45, 7) is 6.39. The molecular formula is C30H39N5O4. The Morgan fingerprint density at radius 3 is 2.49 bits per heavy atom. The minimum atomic E-state index is -1.10. The number of carbonyl (C=O) groups excluding carboxylic acids is 2. The van der Waals surface area contributed by atoms with Gasteiger partial charge in [0.2, 0.25) is 5.91 Å². The monoisotopic (exact) mass is 533 g/mol. The summed E-state index contributed by atoms with van der Waals surface area (Å²) in [6, 6.07) is 7.27. The number of pyridine rings is 1. The zero-order valence-corrected chi connectivity index (χ0v) is 23.3. The predicted octanol–water partition coefficient (Wildman–Crippen LogP) is 3.83. The molecular weight excluding hydrogens is 494 g/mol. The third-order valence-electron chi connectivity index (χ3n) is 7.72. The Morgan fingerprint density at radius 1 is 1.18 bits per heavy atom. The van der Waals surface area contributed by atoms with Crippen molar-refractivity contribution in [1.82, 2.24) is 15.2 Å². The maximum Gasteiger partial charge on any atom is 0.251 e. The molecule has 2 amide bonds. The lowest BCUT2D eigenvalue weighted by Crippen LogP contribution is -2.51. The van der Waals surface area contributed by atoms with Gasteiger partial charge in [-0.05, 0) is 42.0 Å². The molecule has 0 radical (unpaired) electrons. The molecule has 1 aliphatic heterocycles. The van der Waals surface area contributed by atoms with Crippen molar-refractivity contribution in [2.24, 2.45) is 0 Å². The number of anilines is 1. The van der Waals surface area contributed by atoms with E-state index in [2.05, 4.69) is 31.1 Å². The molecule has 1 aromatic heterocycles. The molecule has 3 atom stereocenters. The molecule has 9 heteroatoms. The Bertz CT molecular complexity index is 1200. The standard InChI is InChI=1S/C30H39N5O4/c1-30(2,3)20-10-12-22(13-11-20)35(29(38)25-16-23(36)18-34(25)19-31)27(24-17-32-15-14-26(24)39-4)28(37)33-21-8-6-5-7-9-21/h10-15,17,21,23,25,27,36H,5-9,16,18H2,1-4H3,(H,33,37)/t23-,25-,27?/m1/s1. The van der Waals surface area contributed by atoms with Crippen LogP contribution in [0.2, 0.25) is 0 Å². The van der Waals surface area contributed by atoms with E-state index in [0.717, 1.165) is 37.7 Å². The molecule has 2 aliphatic rings. The number of nitrogens with zero attached hydrogens (tertiary/aromatic N) is 4. The van der Waals surface area contributed by atoms with Gasteiger partial charge in [-0.1, -0.05) is 52.2 Å². The Morgan fingerprint density at radius 2 is 1.87 bits per heavy atom. The van der Waals surface area contributed by atoms with Crippen LogP contribution in [0.25, 0.3) is 0 Å². The van der Waals surface area contributed by atoms with E-state index in [-0.39, 0.29) is 30.3 Å². The van der Waals surface area contributed by atoms with Crippen LogP contribution in [0.5, 0.6) is 5.75 Å².